The number of rotatable bonds is 6. The second kappa shape index (κ2) is 14.6. The Morgan fingerprint density at radius 2 is 0.547 bits per heavy atom. The first-order valence-corrected chi connectivity index (χ1v) is 22.1. The van der Waals surface area contributed by atoms with Crippen LogP contribution in [0.3, 0.4) is 0 Å². The van der Waals surface area contributed by atoms with Gasteiger partial charge in [0.25, 0.3) is 0 Å². The van der Waals surface area contributed by atoms with E-state index in [0.717, 1.165) is 5.69 Å². The van der Waals surface area contributed by atoms with Gasteiger partial charge in [0, 0.05) is 32.9 Å². The van der Waals surface area contributed by atoms with E-state index in [1.165, 1.54) is 115 Å². The Hall–Kier alpha value is -8.46. The lowest BCUT2D eigenvalue weighted by atomic mass is 9.86. The summed E-state index contributed by atoms with van der Waals surface area (Å²) in [7, 11) is 0. The van der Waals surface area contributed by atoms with Crippen molar-refractivity contribution in [1.29, 1.82) is 0 Å². The average molecular weight is 813 g/mol. The van der Waals surface area contributed by atoms with Crippen molar-refractivity contribution in [2.75, 3.05) is 0 Å². The Morgan fingerprint density at radius 1 is 0.188 bits per heavy atom. The first-order chi connectivity index (χ1) is 31.8. The zero-order chi connectivity index (χ0) is 42.1. The third-order valence-electron chi connectivity index (χ3n) is 13.3. The zero-order valence-corrected chi connectivity index (χ0v) is 35.0. The summed E-state index contributed by atoms with van der Waals surface area (Å²) in [5.74, 6) is 0. The Balaban J connectivity index is 1.01. The van der Waals surface area contributed by atoms with Crippen LogP contribution >= 0.6 is 0 Å². The number of benzene rings is 11. The monoisotopic (exact) mass is 812 g/mol. The highest BCUT2D eigenvalue weighted by atomic mass is 15.0. The van der Waals surface area contributed by atoms with Crippen LogP contribution < -0.4 is 0 Å². The standard InChI is InChI=1S/C62H40N2/c1-4-16-41(17-5-1)45-30-35-50-51-36-31-46(44-32-37-58-56(38-44)49-22-14-15-27-57(49)63(58)47-20-8-3-9-21-47)40-60(51)64(59(50)39-45)48-33-28-43(29-34-48)62-54-25-12-10-23-52(54)61(42-18-6-2-7-19-42)53-24-11-13-26-55(53)62/h1-40H. The largest absolute Gasteiger partial charge is 0.309 e. The number of hydrogen-bond donors (Lipinski definition) is 0. The Kier molecular flexibility index (Phi) is 8.25. The molecule has 2 aromatic heterocycles. The first-order valence-electron chi connectivity index (χ1n) is 22.1. The fourth-order valence-corrected chi connectivity index (χ4v) is 10.4. The molecule has 13 rings (SSSR count). The van der Waals surface area contributed by atoms with Gasteiger partial charge in [-0.1, -0.05) is 188 Å². The predicted octanol–water partition coefficient (Wildman–Crippen LogP) is 16.9. The average Bonchev–Trinajstić information content (AvgIpc) is 3.88. The van der Waals surface area contributed by atoms with E-state index >= 15 is 0 Å². The number of fused-ring (bicyclic) bond motifs is 8. The maximum atomic E-state index is 2.47. The van der Waals surface area contributed by atoms with E-state index in [4.69, 9.17) is 0 Å². The second-order valence-corrected chi connectivity index (χ2v) is 16.8. The summed E-state index contributed by atoms with van der Waals surface area (Å²) in [6.07, 6.45) is 0. The SMILES string of the molecule is c1ccc(-c2ccc3c4ccc(-c5ccc6c(c5)c5ccccc5n6-c5ccccc5)cc4n(-c4ccc(-c5c6ccccc6c(-c6ccccc6)c6ccccc56)cc4)c3c2)cc1. The third kappa shape index (κ3) is 5.66. The minimum absolute atomic E-state index is 1.13. The molecule has 298 valence electrons. The molecule has 0 bridgehead atoms. The lowest BCUT2D eigenvalue weighted by Gasteiger charge is -2.18. The molecule has 0 aliphatic heterocycles. The summed E-state index contributed by atoms with van der Waals surface area (Å²) in [6.45, 7) is 0. The number of aromatic nitrogens is 2. The Morgan fingerprint density at radius 3 is 1.12 bits per heavy atom. The van der Waals surface area contributed by atoms with Gasteiger partial charge in [0.15, 0.2) is 0 Å². The summed E-state index contributed by atoms with van der Waals surface area (Å²) in [6, 6.07) is 89.0. The minimum atomic E-state index is 1.13. The molecule has 11 aromatic carbocycles. The van der Waals surface area contributed by atoms with Crippen LogP contribution in [0.4, 0.5) is 0 Å². The molecule has 0 fully saturated rings. The van der Waals surface area contributed by atoms with Gasteiger partial charge in [-0.3, -0.25) is 0 Å². The Bertz CT molecular complexity index is 3860. The van der Waals surface area contributed by atoms with Gasteiger partial charge in [-0.05, 0) is 121 Å². The predicted molar refractivity (Wildman–Crippen MR) is 272 cm³/mol. The van der Waals surface area contributed by atoms with Gasteiger partial charge >= 0.3 is 0 Å². The normalized spacial score (nSPS) is 11.8. The zero-order valence-electron chi connectivity index (χ0n) is 35.0. The molecule has 2 heteroatoms. The second-order valence-electron chi connectivity index (χ2n) is 16.8. The molecule has 0 aliphatic rings. The Labute approximate surface area is 371 Å². The van der Waals surface area contributed by atoms with Crippen molar-refractivity contribution in [1.82, 2.24) is 9.13 Å². The van der Waals surface area contributed by atoms with Crippen molar-refractivity contribution in [3.63, 3.8) is 0 Å². The van der Waals surface area contributed by atoms with Crippen LogP contribution in [-0.4, -0.2) is 9.13 Å². The van der Waals surface area contributed by atoms with Crippen molar-refractivity contribution >= 4 is 65.2 Å². The van der Waals surface area contributed by atoms with Crippen LogP contribution in [0.2, 0.25) is 0 Å². The van der Waals surface area contributed by atoms with Crippen molar-refractivity contribution in [2.45, 2.75) is 0 Å². The molecular weight excluding hydrogens is 773 g/mol. The fourth-order valence-electron chi connectivity index (χ4n) is 10.4. The topological polar surface area (TPSA) is 9.86 Å². The molecule has 2 heterocycles. The number of para-hydroxylation sites is 2. The quantitative estimate of drug-likeness (QED) is 0.148. The van der Waals surface area contributed by atoms with Gasteiger partial charge in [0.1, 0.15) is 0 Å². The smallest absolute Gasteiger partial charge is 0.0547 e. The molecular formula is C62H40N2. The van der Waals surface area contributed by atoms with Crippen LogP contribution in [0.5, 0.6) is 0 Å². The van der Waals surface area contributed by atoms with E-state index in [2.05, 4.69) is 252 Å². The number of hydrogen-bond acceptors (Lipinski definition) is 0. The fraction of sp³-hybridized carbons (Fsp3) is 0. The molecule has 0 saturated heterocycles. The molecule has 0 saturated carbocycles. The summed E-state index contributed by atoms with van der Waals surface area (Å²) in [4.78, 5) is 0. The van der Waals surface area contributed by atoms with Crippen molar-refractivity contribution in [2.24, 2.45) is 0 Å². The lowest BCUT2D eigenvalue weighted by molar-refractivity contribution is 1.18. The van der Waals surface area contributed by atoms with Gasteiger partial charge in [0.05, 0.1) is 22.1 Å². The molecule has 13 aromatic rings. The molecule has 0 aliphatic carbocycles. The highest BCUT2D eigenvalue weighted by Crippen LogP contribution is 2.45. The lowest BCUT2D eigenvalue weighted by Crippen LogP contribution is -1.95. The minimum Gasteiger partial charge on any atom is -0.309 e. The third-order valence-corrected chi connectivity index (χ3v) is 13.3. The van der Waals surface area contributed by atoms with Crippen LogP contribution in [-0.2, 0) is 0 Å². The van der Waals surface area contributed by atoms with Gasteiger partial charge in [-0.25, -0.2) is 0 Å². The van der Waals surface area contributed by atoms with E-state index < -0.39 is 0 Å². The highest BCUT2D eigenvalue weighted by molar-refractivity contribution is 6.21. The van der Waals surface area contributed by atoms with E-state index in [9.17, 15) is 0 Å². The molecule has 0 unspecified atom stereocenters. The maximum absolute atomic E-state index is 2.47. The molecule has 64 heavy (non-hydrogen) atoms. The maximum Gasteiger partial charge on any atom is 0.0547 e. The van der Waals surface area contributed by atoms with Crippen LogP contribution in [0.25, 0.3) is 121 Å². The van der Waals surface area contributed by atoms with Crippen LogP contribution in [0.1, 0.15) is 0 Å². The molecule has 0 N–H and O–H groups in total. The molecule has 0 atom stereocenters. The summed E-state index contributed by atoms with van der Waals surface area (Å²) < 4.78 is 4.85. The highest BCUT2D eigenvalue weighted by Gasteiger charge is 2.19. The van der Waals surface area contributed by atoms with E-state index in [1.54, 1.807) is 0 Å². The van der Waals surface area contributed by atoms with Crippen LogP contribution in [0, 0.1) is 0 Å². The molecule has 2 nitrogen and oxygen atoms in total. The molecule has 0 amide bonds. The summed E-state index contributed by atoms with van der Waals surface area (Å²) in [5, 5.41) is 10.0. The van der Waals surface area contributed by atoms with Crippen LogP contribution in [0.15, 0.2) is 243 Å². The van der Waals surface area contributed by atoms with Gasteiger partial charge in [0.2, 0.25) is 0 Å². The molecule has 0 spiro atoms. The van der Waals surface area contributed by atoms with Gasteiger partial charge in [-0.15, -0.1) is 0 Å². The molecule has 0 radical (unpaired) electrons. The first kappa shape index (κ1) is 36.2. The van der Waals surface area contributed by atoms with Crippen molar-refractivity contribution < 1.29 is 0 Å². The van der Waals surface area contributed by atoms with E-state index in [-0.39, 0.29) is 0 Å². The van der Waals surface area contributed by atoms with Crippen molar-refractivity contribution in [3.05, 3.63) is 243 Å². The number of nitrogens with zero attached hydrogens (tertiary/aromatic N) is 2. The van der Waals surface area contributed by atoms with E-state index in [0.29, 0.717) is 0 Å². The summed E-state index contributed by atoms with van der Waals surface area (Å²) in [5.41, 5.74) is 16.8. The summed E-state index contributed by atoms with van der Waals surface area (Å²) >= 11 is 0. The van der Waals surface area contributed by atoms with E-state index in [1.807, 2.05) is 0 Å². The van der Waals surface area contributed by atoms with Gasteiger partial charge < -0.3 is 9.13 Å². The van der Waals surface area contributed by atoms with Gasteiger partial charge in [-0.2, -0.15) is 0 Å². The van der Waals surface area contributed by atoms with Crippen molar-refractivity contribution in [3.8, 4) is 55.9 Å².